The Bertz CT molecular complexity index is 539. The van der Waals surface area contributed by atoms with Gasteiger partial charge in [0.1, 0.15) is 11.0 Å². The molecule has 0 amide bonds. The van der Waals surface area contributed by atoms with Crippen LogP contribution in [0.25, 0.3) is 11.1 Å². The average molecular weight is 233 g/mol. The number of hydrogen-bond donors (Lipinski definition) is 2. The highest BCUT2D eigenvalue weighted by Gasteiger charge is 2.10. The van der Waals surface area contributed by atoms with Crippen LogP contribution in [-0.4, -0.2) is 16.2 Å². The number of anilines is 1. The van der Waals surface area contributed by atoms with Gasteiger partial charge in [-0.15, -0.1) is 0 Å². The molecule has 0 aromatic carbocycles. The number of hydrogen-bond acceptors (Lipinski definition) is 4. The lowest BCUT2D eigenvalue weighted by Crippen LogP contribution is -1.99. The maximum absolute atomic E-state index is 7.34. The largest absolute Gasteiger partial charge is 0.383 e. The average Bonchev–Trinajstić information content (AvgIpc) is 2.29. The Morgan fingerprint density at radius 1 is 1.19 bits per heavy atom. The van der Waals surface area contributed by atoms with Crippen molar-refractivity contribution >= 4 is 23.6 Å². The predicted octanol–water partition coefficient (Wildman–Crippen LogP) is 2.38. The lowest BCUT2D eigenvalue weighted by Gasteiger charge is -2.08. The number of aromatic nitrogens is 2. The van der Waals surface area contributed by atoms with Crippen LogP contribution in [0.4, 0.5) is 5.82 Å². The van der Waals surface area contributed by atoms with Gasteiger partial charge in [0.2, 0.25) is 0 Å². The van der Waals surface area contributed by atoms with E-state index in [0.717, 1.165) is 11.1 Å². The van der Waals surface area contributed by atoms with E-state index < -0.39 is 0 Å². The van der Waals surface area contributed by atoms with Crippen molar-refractivity contribution in [2.45, 2.75) is 0 Å². The van der Waals surface area contributed by atoms with E-state index >= 15 is 0 Å². The molecular formula is C11H9ClN4. The van der Waals surface area contributed by atoms with Crippen LogP contribution < -0.4 is 5.73 Å². The van der Waals surface area contributed by atoms with Gasteiger partial charge in [-0.25, -0.2) is 9.97 Å². The van der Waals surface area contributed by atoms with E-state index in [1.165, 1.54) is 6.21 Å². The van der Waals surface area contributed by atoms with Crippen molar-refractivity contribution in [1.29, 1.82) is 5.41 Å². The third kappa shape index (κ3) is 1.75. The highest BCUT2D eigenvalue weighted by atomic mass is 35.5. The Labute approximate surface area is 97.6 Å². The third-order valence-corrected chi connectivity index (χ3v) is 2.52. The van der Waals surface area contributed by atoms with Crippen LogP contribution in [0.3, 0.4) is 0 Å². The van der Waals surface area contributed by atoms with Crippen LogP contribution >= 0.6 is 11.6 Å². The summed E-state index contributed by atoms with van der Waals surface area (Å²) in [7, 11) is 0. The fourth-order valence-electron chi connectivity index (χ4n) is 1.46. The monoisotopic (exact) mass is 232 g/mol. The Morgan fingerprint density at radius 2 is 2.00 bits per heavy atom. The van der Waals surface area contributed by atoms with Gasteiger partial charge in [0.15, 0.2) is 0 Å². The molecule has 2 aromatic rings. The highest BCUT2D eigenvalue weighted by Crippen LogP contribution is 2.29. The lowest BCUT2D eigenvalue weighted by molar-refractivity contribution is 1.30. The SMILES string of the molecule is N=Cc1c(-c2cccnc2Cl)ccnc1N. The minimum atomic E-state index is 0.312. The first kappa shape index (κ1) is 10.6. The molecule has 0 aliphatic rings. The smallest absolute Gasteiger partial charge is 0.136 e. The van der Waals surface area contributed by atoms with Gasteiger partial charge < -0.3 is 11.1 Å². The molecule has 0 aliphatic heterocycles. The zero-order valence-corrected chi connectivity index (χ0v) is 9.07. The Balaban J connectivity index is 2.69. The number of nitrogens with one attached hydrogen (secondary N) is 1. The molecule has 2 aromatic heterocycles. The van der Waals surface area contributed by atoms with Crippen LogP contribution in [0, 0.1) is 5.41 Å². The van der Waals surface area contributed by atoms with E-state index in [1.807, 2.05) is 6.07 Å². The predicted molar refractivity (Wildman–Crippen MR) is 64.8 cm³/mol. The van der Waals surface area contributed by atoms with E-state index in [1.54, 1.807) is 24.5 Å². The molecule has 0 saturated carbocycles. The lowest BCUT2D eigenvalue weighted by atomic mass is 10.0. The van der Waals surface area contributed by atoms with E-state index in [4.69, 9.17) is 22.7 Å². The fraction of sp³-hybridized carbons (Fsp3) is 0. The van der Waals surface area contributed by atoms with Crippen LogP contribution in [0.1, 0.15) is 5.56 Å². The molecule has 3 N–H and O–H groups in total. The molecule has 2 heterocycles. The standard InChI is InChI=1S/C11H9ClN4/c12-10-8(2-1-4-15-10)7-3-5-16-11(14)9(7)6-13/h1-6,13H,(H2,14,16). The quantitative estimate of drug-likeness (QED) is 0.617. The third-order valence-electron chi connectivity index (χ3n) is 2.21. The number of nitrogen functional groups attached to an aromatic ring is 1. The van der Waals surface area contributed by atoms with Crippen molar-refractivity contribution in [3.63, 3.8) is 0 Å². The summed E-state index contributed by atoms with van der Waals surface area (Å²) in [6.45, 7) is 0. The molecule has 0 aliphatic carbocycles. The molecule has 80 valence electrons. The van der Waals surface area contributed by atoms with Crippen molar-refractivity contribution in [3.8, 4) is 11.1 Å². The first-order chi connectivity index (χ1) is 7.74. The molecule has 4 nitrogen and oxygen atoms in total. The maximum atomic E-state index is 7.34. The van der Waals surface area contributed by atoms with E-state index in [0.29, 0.717) is 16.5 Å². The number of pyridine rings is 2. The summed E-state index contributed by atoms with van der Waals surface area (Å²) in [6.07, 6.45) is 4.36. The van der Waals surface area contributed by atoms with Crippen molar-refractivity contribution in [2.24, 2.45) is 0 Å². The molecule has 0 saturated heterocycles. The molecule has 2 rings (SSSR count). The van der Waals surface area contributed by atoms with Crippen molar-refractivity contribution in [3.05, 3.63) is 41.3 Å². The Kier molecular flexibility index (Phi) is 2.83. The summed E-state index contributed by atoms with van der Waals surface area (Å²) in [5.41, 5.74) is 7.76. The summed E-state index contributed by atoms with van der Waals surface area (Å²) in [4.78, 5) is 7.92. The van der Waals surface area contributed by atoms with Gasteiger partial charge in [0.05, 0.1) is 0 Å². The molecule has 5 heteroatoms. The Morgan fingerprint density at radius 3 is 2.69 bits per heavy atom. The van der Waals surface area contributed by atoms with Gasteiger partial charge >= 0.3 is 0 Å². The summed E-state index contributed by atoms with van der Waals surface area (Å²) in [5.74, 6) is 0.312. The molecule has 0 fully saturated rings. The van der Waals surface area contributed by atoms with Gasteiger partial charge in [-0.1, -0.05) is 11.6 Å². The number of nitrogens with two attached hydrogens (primary N) is 1. The number of rotatable bonds is 2. The van der Waals surface area contributed by atoms with Crippen LogP contribution in [0.5, 0.6) is 0 Å². The number of halogens is 1. The Hall–Kier alpha value is -1.94. The summed E-state index contributed by atoms with van der Waals surface area (Å²) in [5, 5.41) is 7.72. The summed E-state index contributed by atoms with van der Waals surface area (Å²) < 4.78 is 0. The maximum Gasteiger partial charge on any atom is 0.136 e. The minimum absolute atomic E-state index is 0.312. The van der Waals surface area contributed by atoms with E-state index in [2.05, 4.69) is 9.97 Å². The van der Waals surface area contributed by atoms with Gasteiger partial charge in [0, 0.05) is 29.7 Å². The first-order valence-electron chi connectivity index (χ1n) is 4.60. The molecular weight excluding hydrogens is 224 g/mol. The topological polar surface area (TPSA) is 75.7 Å². The van der Waals surface area contributed by atoms with Crippen molar-refractivity contribution in [2.75, 3.05) is 5.73 Å². The normalized spacial score (nSPS) is 10.1. The molecule has 0 atom stereocenters. The molecule has 0 radical (unpaired) electrons. The highest BCUT2D eigenvalue weighted by molar-refractivity contribution is 6.32. The summed E-state index contributed by atoms with van der Waals surface area (Å²) in [6, 6.07) is 5.38. The van der Waals surface area contributed by atoms with Crippen LogP contribution in [-0.2, 0) is 0 Å². The molecule has 0 unspecified atom stereocenters. The zero-order chi connectivity index (χ0) is 11.5. The van der Waals surface area contributed by atoms with Gasteiger partial charge in [-0.2, -0.15) is 0 Å². The molecule has 0 spiro atoms. The fourth-order valence-corrected chi connectivity index (χ4v) is 1.68. The van der Waals surface area contributed by atoms with Crippen molar-refractivity contribution in [1.82, 2.24) is 9.97 Å². The van der Waals surface area contributed by atoms with E-state index in [-0.39, 0.29) is 0 Å². The second kappa shape index (κ2) is 4.28. The number of nitrogens with zero attached hydrogens (tertiary/aromatic N) is 2. The minimum Gasteiger partial charge on any atom is -0.383 e. The van der Waals surface area contributed by atoms with Gasteiger partial charge in [-0.3, -0.25) is 0 Å². The first-order valence-corrected chi connectivity index (χ1v) is 4.97. The second-order valence-corrected chi connectivity index (χ2v) is 3.50. The molecule has 16 heavy (non-hydrogen) atoms. The second-order valence-electron chi connectivity index (χ2n) is 3.14. The van der Waals surface area contributed by atoms with Gasteiger partial charge in [-0.05, 0) is 23.8 Å². The molecule has 0 bridgehead atoms. The summed E-state index contributed by atoms with van der Waals surface area (Å²) >= 11 is 5.99. The zero-order valence-electron chi connectivity index (χ0n) is 8.31. The van der Waals surface area contributed by atoms with Crippen molar-refractivity contribution < 1.29 is 0 Å². The van der Waals surface area contributed by atoms with Crippen LogP contribution in [0.2, 0.25) is 5.15 Å². The van der Waals surface area contributed by atoms with Crippen LogP contribution in [0.15, 0.2) is 30.6 Å². The van der Waals surface area contributed by atoms with E-state index in [9.17, 15) is 0 Å². The van der Waals surface area contributed by atoms with Gasteiger partial charge in [0.25, 0.3) is 0 Å².